The van der Waals surface area contributed by atoms with Crippen molar-refractivity contribution in [3.63, 3.8) is 0 Å². The van der Waals surface area contributed by atoms with E-state index >= 15 is 0 Å². The van der Waals surface area contributed by atoms with Crippen LogP contribution < -0.4 is 5.43 Å². The molecule has 0 heterocycles. The van der Waals surface area contributed by atoms with E-state index in [2.05, 4.69) is 17.5 Å². The van der Waals surface area contributed by atoms with Crippen LogP contribution in [0.5, 0.6) is 0 Å². The minimum absolute atomic E-state index is 0.0698. The fraction of sp³-hybridized carbons (Fsp3) is 0.550. The molecule has 1 N–H and O–H groups in total. The average Bonchev–Trinajstić information content (AvgIpc) is 3.06. The first-order chi connectivity index (χ1) is 12.2. The number of methoxy groups -OCH3 is 1. The predicted octanol–water partition coefficient (Wildman–Crippen LogP) is 3.94. The zero-order valence-corrected chi connectivity index (χ0v) is 15.2. The standard InChI is InChI=1S/C20H28N2O3/c1-3-4-5-9-12-16-17(20(24)25-2)13-14-18(16)21-22-19(23)15-10-7-6-8-11-15/h6-8,10-11,16-17H,3-5,9,12-14H2,1-2H3,(H,22,23). The third-order valence-electron chi connectivity index (χ3n) is 4.83. The number of hydrazone groups is 1. The first kappa shape index (κ1) is 19.2. The Hall–Kier alpha value is -2.17. The lowest BCUT2D eigenvalue weighted by molar-refractivity contribution is -0.146. The van der Waals surface area contributed by atoms with Crippen LogP contribution in [0.3, 0.4) is 0 Å². The molecule has 0 radical (unpaired) electrons. The molecule has 25 heavy (non-hydrogen) atoms. The second-order valence-electron chi connectivity index (χ2n) is 6.53. The molecule has 1 aliphatic rings. The van der Waals surface area contributed by atoms with Crippen molar-refractivity contribution in [3.8, 4) is 0 Å². The van der Waals surface area contributed by atoms with Gasteiger partial charge < -0.3 is 4.74 Å². The number of nitrogens with zero attached hydrogens (tertiary/aromatic N) is 1. The Morgan fingerprint density at radius 3 is 2.64 bits per heavy atom. The van der Waals surface area contributed by atoms with Gasteiger partial charge in [-0.1, -0.05) is 50.8 Å². The van der Waals surface area contributed by atoms with E-state index in [1.165, 1.54) is 20.0 Å². The van der Waals surface area contributed by atoms with E-state index in [0.29, 0.717) is 5.56 Å². The lowest BCUT2D eigenvalue weighted by Crippen LogP contribution is -2.26. The molecule has 1 aliphatic carbocycles. The van der Waals surface area contributed by atoms with E-state index in [4.69, 9.17) is 4.74 Å². The van der Waals surface area contributed by atoms with Crippen LogP contribution in [0.25, 0.3) is 0 Å². The molecule has 5 heteroatoms. The second-order valence-corrected chi connectivity index (χ2v) is 6.53. The van der Waals surface area contributed by atoms with Crippen molar-refractivity contribution in [1.82, 2.24) is 5.43 Å². The van der Waals surface area contributed by atoms with E-state index in [1.807, 2.05) is 18.2 Å². The molecule has 0 aromatic heterocycles. The molecule has 5 nitrogen and oxygen atoms in total. The van der Waals surface area contributed by atoms with Gasteiger partial charge in [-0.15, -0.1) is 0 Å². The molecule has 2 unspecified atom stereocenters. The van der Waals surface area contributed by atoms with Crippen LogP contribution in [0.2, 0.25) is 0 Å². The molecule has 1 amide bonds. The summed E-state index contributed by atoms with van der Waals surface area (Å²) in [6.07, 6.45) is 6.99. The van der Waals surface area contributed by atoms with Crippen LogP contribution in [0.1, 0.15) is 62.2 Å². The lowest BCUT2D eigenvalue weighted by Gasteiger charge is -2.18. The summed E-state index contributed by atoms with van der Waals surface area (Å²) in [6.45, 7) is 2.18. The number of ether oxygens (including phenoxy) is 1. The molecule has 1 saturated carbocycles. The average molecular weight is 344 g/mol. The monoisotopic (exact) mass is 344 g/mol. The fourth-order valence-electron chi connectivity index (χ4n) is 3.43. The van der Waals surface area contributed by atoms with Gasteiger partial charge in [-0.25, -0.2) is 5.43 Å². The summed E-state index contributed by atoms with van der Waals surface area (Å²) in [4.78, 5) is 24.2. The number of amides is 1. The van der Waals surface area contributed by atoms with Crippen molar-refractivity contribution in [3.05, 3.63) is 35.9 Å². The van der Waals surface area contributed by atoms with Crippen molar-refractivity contribution in [2.24, 2.45) is 16.9 Å². The number of esters is 1. The Balaban J connectivity index is 2.02. The molecule has 1 aromatic carbocycles. The summed E-state index contributed by atoms with van der Waals surface area (Å²) >= 11 is 0. The molecular weight excluding hydrogens is 316 g/mol. The largest absolute Gasteiger partial charge is 0.469 e. The molecule has 0 saturated heterocycles. The van der Waals surface area contributed by atoms with E-state index in [9.17, 15) is 9.59 Å². The molecule has 0 bridgehead atoms. The molecule has 2 atom stereocenters. The van der Waals surface area contributed by atoms with Gasteiger partial charge in [-0.2, -0.15) is 5.10 Å². The van der Waals surface area contributed by atoms with Crippen LogP contribution in [0, 0.1) is 11.8 Å². The van der Waals surface area contributed by atoms with Gasteiger partial charge in [-0.3, -0.25) is 9.59 Å². The van der Waals surface area contributed by atoms with Crippen LogP contribution in [-0.2, 0) is 9.53 Å². The van der Waals surface area contributed by atoms with Crippen LogP contribution in [0.4, 0.5) is 0 Å². The van der Waals surface area contributed by atoms with Gasteiger partial charge in [0.25, 0.3) is 5.91 Å². The van der Waals surface area contributed by atoms with Gasteiger partial charge in [0.1, 0.15) is 0 Å². The highest BCUT2D eigenvalue weighted by Gasteiger charge is 2.38. The fourth-order valence-corrected chi connectivity index (χ4v) is 3.43. The number of unbranched alkanes of at least 4 members (excludes halogenated alkanes) is 3. The molecule has 1 aromatic rings. The minimum Gasteiger partial charge on any atom is -0.469 e. The third-order valence-corrected chi connectivity index (χ3v) is 4.83. The van der Waals surface area contributed by atoms with E-state index < -0.39 is 0 Å². The maximum Gasteiger partial charge on any atom is 0.309 e. The maximum absolute atomic E-state index is 12.2. The van der Waals surface area contributed by atoms with Crippen molar-refractivity contribution in [1.29, 1.82) is 0 Å². The molecule has 1 fully saturated rings. The molecule has 0 spiro atoms. The lowest BCUT2D eigenvalue weighted by atomic mass is 9.89. The summed E-state index contributed by atoms with van der Waals surface area (Å²) in [6, 6.07) is 9.02. The summed E-state index contributed by atoms with van der Waals surface area (Å²) in [5, 5.41) is 4.36. The zero-order valence-electron chi connectivity index (χ0n) is 15.2. The Morgan fingerprint density at radius 2 is 1.96 bits per heavy atom. The second kappa shape index (κ2) is 9.97. The Bertz CT molecular complexity index is 598. The number of nitrogens with one attached hydrogen (secondary N) is 1. The summed E-state index contributed by atoms with van der Waals surface area (Å²) in [5.74, 6) is -0.459. The Morgan fingerprint density at radius 1 is 1.20 bits per heavy atom. The SMILES string of the molecule is CCCCCCC1C(=NNC(=O)c2ccccc2)CCC1C(=O)OC. The highest BCUT2D eigenvalue weighted by molar-refractivity contribution is 5.97. The topological polar surface area (TPSA) is 67.8 Å². The smallest absolute Gasteiger partial charge is 0.309 e. The van der Waals surface area contributed by atoms with Gasteiger partial charge in [0.2, 0.25) is 0 Å². The highest BCUT2D eigenvalue weighted by Crippen LogP contribution is 2.34. The Kier molecular flexibility index (Phi) is 7.64. The number of benzene rings is 1. The molecule has 0 aliphatic heterocycles. The third kappa shape index (κ3) is 5.41. The number of hydrogen-bond donors (Lipinski definition) is 1. The van der Waals surface area contributed by atoms with Gasteiger partial charge in [-0.05, 0) is 31.4 Å². The van der Waals surface area contributed by atoms with Gasteiger partial charge in [0.05, 0.1) is 13.0 Å². The maximum atomic E-state index is 12.2. The summed E-state index contributed by atoms with van der Waals surface area (Å²) in [5.41, 5.74) is 4.14. The highest BCUT2D eigenvalue weighted by atomic mass is 16.5. The Labute approximate surface area is 149 Å². The van der Waals surface area contributed by atoms with E-state index in [0.717, 1.165) is 37.8 Å². The summed E-state index contributed by atoms with van der Waals surface area (Å²) < 4.78 is 4.95. The minimum atomic E-state index is -0.223. The van der Waals surface area contributed by atoms with Crippen LogP contribution >= 0.6 is 0 Å². The first-order valence-corrected chi connectivity index (χ1v) is 9.17. The van der Waals surface area contributed by atoms with E-state index in [-0.39, 0.29) is 23.7 Å². The van der Waals surface area contributed by atoms with Crippen molar-refractivity contribution < 1.29 is 14.3 Å². The van der Waals surface area contributed by atoms with Crippen LogP contribution in [-0.4, -0.2) is 24.7 Å². The molecule has 136 valence electrons. The van der Waals surface area contributed by atoms with Crippen LogP contribution in [0.15, 0.2) is 35.4 Å². The van der Waals surface area contributed by atoms with Gasteiger partial charge >= 0.3 is 5.97 Å². The van der Waals surface area contributed by atoms with Crippen molar-refractivity contribution >= 4 is 17.6 Å². The number of carbonyl (C=O) groups is 2. The predicted molar refractivity (Wildman–Crippen MR) is 98.3 cm³/mol. The zero-order chi connectivity index (χ0) is 18.1. The normalized spacial score (nSPS) is 21.3. The van der Waals surface area contributed by atoms with Crippen molar-refractivity contribution in [2.75, 3.05) is 7.11 Å². The molecule has 2 rings (SSSR count). The quantitative estimate of drug-likeness (QED) is 0.441. The first-order valence-electron chi connectivity index (χ1n) is 9.17. The number of hydrogen-bond acceptors (Lipinski definition) is 4. The van der Waals surface area contributed by atoms with Gasteiger partial charge in [0, 0.05) is 17.2 Å². The van der Waals surface area contributed by atoms with E-state index in [1.54, 1.807) is 12.1 Å². The number of carbonyl (C=O) groups excluding carboxylic acids is 2. The van der Waals surface area contributed by atoms with Crippen molar-refractivity contribution in [2.45, 2.75) is 51.9 Å². The summed E-state index contributed by atoms with van der Waals surface area (Å²) in [7, 11) is 1.43. The number of rotatable bonds is 8. The molecular formula is C20H28N2O3. The van der Waals surface area contributed by atoms with Gasteiger partial charge in [0.15, 0.2) is 0 Å².